The highest BCUT2D eigenvalue weighted by Gasteiger charge is 2.26. The first-order chi connectivity index (χ1) is 15.5. The zero-order chi connectivity index (χ0) is 22.5. The third-order valence-corrected chi connectivity index (χ3v) is 7.43. The Morgan fingerprint density at radius 2 is 2.12 bits per heavy atom. The average molecular weight is 478 g/mol. The van der Waals surface area contributed by atoms with Gasteiger partial charge in [-0.2, -0.15) is 0 Å². The van der Waals surface area contributed by atoms with Crippen molar-refractivity contribution in [3.05, 3.63) is 34.9 Å². The van der Waals surface area contributed by atoms with Crippen molar-refractivity contribution in [1.82, 2.24) is 20.1 Å². The summed E-state index contributed by atoms with van der Waals surface area (Å²) in [6.07, 6.45) is 4.66. The topological polar surface area (TPSA) is 72.3 Å². The van der Waals surface area contributed by atoms with E-state index in [1.54, 1.807) is 0 Å². The normalized spacial score (nSPS) is 20.5. The van der Waals surface area contributed by atoms with Crippen LogP contribution in [-0.4, -0.2) is 52.2 Å². The van der Waals surface area contributed by atoms with Gasteiger partial charge in [0.2, 0.25) is 11.9 Å². The molecule has 2 aromatic rings. The lowest BCUT2D eigenvalue weighted by atomic mass is 10.00. The molecule has 4 rings (SSSR count). The summed E-state index contributed by atoms with van der Waals surface area (Å²) in [7, 11) is 0. The number of benzene rings is 1. The van der Waals surface area contributed by atoms with Crippen LogP contribution in [0.1, 0.15) is 51.1 Å². The minimum atomic E-state index is -0.113. The largest absolute Gasteiger partial charge is 0.376 e. The molecule has 0 aliphatic carbocycles. The standard InChI is InChI=1S/C23H32ClN5O2S/c1-16-8-10-28(11-9-16)22-26-27-23(29(22)14-20-7-4-12-31-20)32-15-21(30)25-17(2)18-5-3-6-19(24)13-18/h3,5-6,13,16-17,20H,4,7-12,14-15H2,1-2H3,(H,25,30). The number of thioether (sulfide) groups is 1. The predicted octanol–water partition coefficient (Wildman–Crippen LogP) is 4.32. The number of ether oxygens (including phenoxy) is 1. The number of hydrogen-bond donors (Lipinski definition) is 1. The van der Waals surface area contributed by atoms with Gasteiger partial charge < -0.3 is 15.0 Å². The maximum atomic E-state index is 12.6. The summed E-state index contributed by atoms with van der Waals surface area (Å²) in [6, 6.07) is 7.46. The maximum absolute atomic E-state index is 12.6. The summed E-state index contributed by atoms with van der Waals surface area (Å²) >= 11 is 7.51. The molecule has 2 aliphatic heterocycles. The Bertz CT molecular complexity index is 910. The van der Waals surface area contributed by atoms with Gasteiger partial charge in [-0.05, 0) is 56.2 Å². The van der Waals surface area contributed by atoms with Crippen LogP contribution in [0.3, 0.4) is 0 Å². The Hall–Kier alpha value is -1.77. The van der Waals surface area contributed by atoms with Crippen LogP contribution in [0, 0.1) is 5.92 Å². The van der Waals surface area contributed by atoms with E-state index in [-0.39, 0.29) is 23.8 Å². The number of rotatable bonds is 8. The molecule has 1 aromatic heterocycles. The zero-order valence-corrected chi connectivity index (χ0v) is 20.4. The van der Waals surface area contributed by atoms with Gasteiger partial charge in [0.05, 0.1) is 24.4 Å². The molecule has 0 radical (unpaired) electrons. The van der Waals surface area contributed by atoms with Crippen LogP contribution in [0.5, 0.6) is 0 Å². The summed E-state index contributed by atoms with van der Waals surface area (Å²) < 4.78 is 8.04. The number of halogens is 1. The number of piperidine rings is 1. The van der Waals surface area contributed by atoms with Crippen molar-refractivity contribution in [2.24, 2.45) is 5.92 Å². The van der Waals surface area contributed by atoms with Crippen LogP contribution >= 0.6 is 23.4 Å². The minimum absolute atomic E-state index is 0.0394. The number of anilines is 1. The van der Waals surface area contributed by atoms with Crippen LogP contribution in [0.25, 0.3) is 0 Å². The molecule has 0 spiro atoms. The number of carbonyl (C=O) groups is 1. The van der Waals surface area contributed by atoms with Crippen molar-refractivity contribution in [2.45, 2.75) is 63.4 Å². The van der Waals surface area contributed by atoms with E-state index in [0.29, 0.717) is 5.02 Å². The second-order valence-corrected chi connectivity index (χ2v) is 10.2. The Kier molecular flexibility index (Phi) is 7.97. The minimum Gasteiger partial charge on any atom is -0.376 e. The second-order valence-electron chi connectivity index (χ2n) is 8.83. The van der Waals surface area contributed by atoms with Crippen molar-refractivity contribution in [3.63, 3.8) is 0 Å². The fraction of sp³-hybridized carbons (Fsp3) is 0.609. The predicted molar refractivity (Wildman–Crippen MR) is 128 cm³/mol. The van der Waals surface area contributed by atoms with E-state index in [4.69, 9.17) is 16.3 Å². The molecule has 174 valence electrons. The molecule has 0 saturated carbocycles. The lowest BCUT2D eigenvalue weighted by Crippen LogP contribution is -2.35. The SMILES string of the molecule is CC1CCN(c2nnc(SCC(=O)NC(C)c3cccc(Cl)c3)n2CC2CCCO2)CC1. The third kappa shape index (κ3) is 5.97. The molecule has 1 amide bonds. The lowest BCUT2D eigenvalue weighted by Gasteiger charge is -2.31. The van der Waals surface area contributed by atoms with E-state index in [0.717, 1.165) is 61.7 Å². The van der Waals surface area contributed by atoms with Gasteiger partial charge in [0.25, 0.3) is 0 Å². The Morgan fingerprint density at radius 3 is 2.84 bits per heavy atom. The zero-order valence-electron chi connectivity index (χ0n) is 18.8. The molecule has 2 unspecified atom stereocenters. The maximum Gasteiger partial charge on any atom is 0.230 e. The average Bonchev–Trinajstić information content (AvgIpc) is 3.43. The summed E-state index contributed by atoms with van der Waals surface area (Å²) in [6.45, 7) is 7.80. The number of nitrogens with zero attached hydrogens (tertiary/aromatic N) is 4. The molecule has 7 nitrogen and oxygen atoms in total. The number of hydrogen-bond acceptors (Lipinski definition) is 6. The quantitative estimate of drug-likeness (QED) is 0.571. The Balaban J connectivity index is 1.41. The molecule has 2 saturated heterocycles. The first kappa shape index (κ1) is 23.4. The molecule has 3 heterocycles. The van der Waals surface area contributed by atoms with E-state index < -0.39 is 0 Å². The van der Waals surface area contributed by atoms with Crippen molar-refractivity contribution in [1.29, 1.82) is 0 Å². The summed E-state index contributed by atoms with van der Waals surface area (Å²) in [4.78, 5) is 15.0. The molecule has 1 aromatic carbocycles. The first-order valence-corrected chi connectivity index (χ1v) is 12.8. The number of amides is 1. The first-order valence-electron chi connectivity index (χ1n) is 11.5. The van der Waals surface area contributed by atoms with E-state index in [1.807, 2.05) is 31.2 Å². The van der Waals surface area contributed by atoms with Crippen molar-refractivity contribution in [3.8, 4) is 0 Å². The van der Waals surface area contributed by atoms with Crippen molar-refractivity contribution in [2.75, 3.05) is 30.3 Å². The summed E-state index contributed by atoms with van der Waals surface area (Å²) in [5.41, 5.74) is 0.985. The monoisotopic (exact) mass is 477 g/mol. The molecular formula is C23H32ClN5O2S. The van der Waals surface area contributed by atoms with E-state index in [9.17, 15) is 4.79 Å². The van der Waals surface area contributed by atoms with Gasteiger partial charge in [0.1, 0.15) is 0 Å². The van der Waals surface area contributed by atoms with E-state index >= 15 is 0 Å². The summed E-state index contributed by atoms with van der Waals surface area (Å²) in [5, 5.41) is 13.5. The molecule has 2 atom stereocenters. The van der Waals surface area contributed by atoms with Crippen LogP contribution < -0.4 is 10.2 Å². The van der Waals surface area contributed by atoms with Crippen LogP contribution in [-0.2, 0) is 16.1 Å². The van der Waals surface area contributed by atoms with Gasteiger partial charge in [0.15, 0.2) is 5.16 Å². The molecular weight excluding hydrogens is 446 g/mol. The highest BCUT2D eigenvalue weighted by Crippen LogP contribution is 2.28. The van der Waals surface area contributed by atoms with Gasteiger partial charge >= 0.3 is 0 Å². The molecule has 32 heavy (non-hydrogen) atoms. The van der Waals surface area contributed by atoms with Gasteiger partial charge in [-0.1, -0.05) is 42.4 Å². The molecule has 9 heteroatoms. The smallest absolute Gasteiger partial charge is 0.230 e. The van der Waals surface area contributed by atoms with E-state index in [2.05, 4.69) is 31.9 Å². The fourth-order valence-electron chi connectivity index (χ4n) is 4.25. The Morgan fingerprint density at radius 1 is 1.31 bits per heavy atom. The van der Waals surface area contributed by atoms with E-state index in [1.165, 1.54) is 24.6 Å². The van der Waals surface area contributed by atoms with Crippen LogP contribution in [0.15, 0.2) is 29.4 Å². The second kappa shape index (κ2) is 10.9. The molecule has 0 bridgehead atoms. The lowest BCUT2D eigenvalue weighted by molar-refractivity contribution is -0.119. The fourth-order valence-corrected chi connectivity index (χ4v) is 5.21. The molecule has 2 fully saturated rings. The Labute approximate surface area is 199 Å². The summed E-state index contributed by atoms with van der Waals surface area (Å²) in [5.74, 6) is 1.90. The highest BCUT2D eigenvalue weighted by molar-refractivity contribution is 7.99. The van der Waals surface area contributed by atoms with Gasteiger partial charge in [-0.15, -0.1) is 10.2 Å². The number of carbonyl (C=O) groups excluding carboxylic acids is 1. The number of aromatic nitrogens is 3. The third-order valence-electron chi connectivity index (χ3n) is 6.23. The highest BCUT2D eigenvalue weighted by atomic mass is 35.5. The van der Waals surface area contributed by atoms with Crippen LogP contribution in [0.4, 0.5) is 5.95 Å². The van der Waals surface area contributed by atoms with Gasteiger partial charge in [-0.3, -0.25) is 9.36 Å². The van der Waals surface area contributed by atoms with Gasteiger partial charge in [-0.25, -0.2) is 0 Å². The van der Waals surface area contributed by atoms with Crippen molar-refractivity contribution < 1.29 is 9.53 Å². The molecule has 2 aliphatic rings. The van der Waals surface area contributed by atoms with Crippen LogP contribution in [0.2, 0.25) is 5.02 Å². The number of nitrogens with one attached hydrogen (secondary N) is 1. The van der Waals surface area contributed by atoms with Gasteiger partial charge in [0, 0.05) is 24.7 Å². The van der Waals surface area contributed by atoms with Crippen molar-refractivity contribution >= 4 is 35.2 Å². The molecule has 1 N–H and O–H groups in total.